The Morgan fingerprint density at radius 3 is 2.71 bits per heavy atom. The molecule has 0 bridgehead atoms. The van der Waals surface area contributed by atoms with E-state index in [1.54, 1.807) is 6.07 Å². The zero-order valence-electron chi connectivity index (χ0n) is 7.56. The first-order valence-electron chi connectivity index (χ1n) is 4.47. The molecule has 0 unspecified atom stereocenters. The second-order valence-electron chi connectivity index (χ2n) is 3.91. The fourth-order valence-electron chi connectivity index (χ4n) is 1.43. The van der Waals surface area contributed by atoms with E-state index in [1.165, 1.54) is 6.07 Å². The number of benzene rings is 1. The van der Waals surface area contributed by atoms with Gasteiger partial charge < -0.3 is 10.8 Å². The topological polar surface area (TPSA) is 46.2 Å². The molecule has 0 aliphatic heterocycles. The lowest BCUT2D eigenvalue weighted by Gasteiger charge is -2.10. The monoisotopic (exact) mass is 259 g/mol. The largest absolute Gasteiger partial charge is 0.507 e. The standard InChI is InChI=1S/C10H11BrFNO/c11-8-7(14)2-1-6(9(8)12)5-10(13)3-4-10/h1-2,14H,3-5,13H2. The Morgan fingerprint density at radius 1 is 1.50 bits per heavy atom. The molecule has 1 aliphatic rings. The first kappa shape index (κ1) is 9.93. The van der Waals surface area contributed by atoms with Crippen molar-refractivity contribution in [2.45, 2.75) is 24.8 Å². The molecular formula is C10H11BrFNO. The smallest absolute Gasteiger partial charge is 0.144 e. The van der Waals surface area contributed by atoms with Crippen molar-refractivity contribution in [3.05, 3.63) is 28.0 Å². The lowest BCUT2D eigenvalue weighted by atomic mass is 10.0. The maximum Gasteiger partial charge on any atom is 0.144 e. The second kappa shape index (κ2) is 3.21. The molecular weight excluding hydrogens is 249 g/mol. The van der Waals surface area contributed by atoms with E-state index >= 15 is 0 Å². The number of hydrogen-bond donors (Lipinski definition) is 2. The summed E-state index contributed by atoms with van der Waals surface area (Å²) in [7, 11) is 0. The van der Waals surface area contributed by atoms with Gasteiger partial charge in [-0.25, -0.2) is 4.39 Å². The Hall–Kier alpha value is -0.610. The average Bonchev–Trinajstić information content (AvgIpc) is 2.86. The van der Waals surface area contributed by atoms with E-state index in [9.17, 15) is 9.50 Å². The molecule has 1 aromatic carbocycles. The Bertz CT molecular complexity index is 377. The van der Waals surface area contributed by atoms with E-state index in [0.717, 1.165) is 12.8 Å². The van der Waals surface area contributed by atoms with Crippen LogP contribution in [0.25, 0.3) is 0 Å². The lowest BCUT2D eigenvalue weighted by molar-refractivity contribution is 0.461. The molecule has 0 saturated heterocycles. The van der Waals surface area contributed by atoms with Gasteiger partial charge in [-0.05, 0) is 46.8 Å². The molecule has 0 spiro atoms. The molecule has 3 N–H and O–H groups in total. The molecule has 2 rings (SSSR count). The predicted molar refractivity (Wildman–Crippen MR) is 55.6 cm³/mol. The van der Waals surface area contributed by atoms with Crippen molar-refractivity contribution in [1.82, 2.24) is 0 Å². The number of phenolic OH excluding ortho intramolecular Hbond substituents is 1. The van der Waals surface area contributed by atoms with Crippen LogP contribution in [0.1, 0.15) is 18.4 Å². The maximum atomic E-state index is 13.6. The molecule has 4 heteroatoms. The SMILES string of the molecule is NC1(Cc2ccc(O)c(Br)c2F)CC1. The highest BCUT2D eigenvalue weighted by molar-refractivity contribution is 9.10. The van der Waals surface area contributed by atoms with E-state index in [4.69, 9.17) is 5.73 Å². The number of aromatic hydroxyl groups is 1. The Balaban J connectivity index is 2.30. The van der Waals surface area contributed by atoms with Gasteiger partial charge in [-0.1, -0.05) is 6.07 Å². The molecule has 0 amide bonds. The third-order valence-electron chi connectivity index (χ3n) is 2.58. The molecule has 0 atom stereocenters. The normalized spacial score (nSPS) is 18.2. The van der Waals surface area contributed by atoms with Crippen LogP contribution in [-0.2, 0) is 6.42 Å². The van der Waals surface area contributed by atoms with Gasteiger partial charge in [-0.3, -0.25) is 0 Å². The van der Waals surface area contributed by atoms with Crippen molar-refractivity contribution in [2.24, 2.45) is 5.73 Å². The number of halogens is 2. The zero-order chi connectivity index (χ0) is 10.3. The molecule has 0 radical (unpaired) electrons. The maximum absolute atomic E-state index is 13.6. The van der Waals surface area contributed by atoms with Gasteiger partial charge >= 0.3 is 0 Å². The fourth-order valence-corrected chi connectivity index (χ4v) is 1.82. The summed E-state index contributed by atoms with van der Waals surface area (Å²) in [5, 5.41) is 9.22. The molecule has 2 nitrogen and oxygen atoms in total. The van der Waals surface area contributed by atoms with E-state index in [-0.39, 0.29) is 15.8 Å². The lowest BCUT2D eigenvalue weighted by Crippen LogP contribution is -2.25. The van der Waals surface area contributed by atoms with E-state index in [2.05, 4.69) is 15.9 Å². The summed E-state index contributed by atoms with van der Waals surface area (Å²) >= 11 is 2.99. The van der Waals surface area contributed by atoms with Gasteiger partial charge in [0.25, 0.3) is 0 Å². The van der Waals surface area contributed by atoms with Gasteiger partial charge in [0.05, 0.1) is 4.47 Å². The zero-order valence-corrected chi connectivity index (χ0v) is 9.14. The van der Waals surface area contributed by atoms with Crippen molar-refractivity contribution >= 4 is 15.9 Å². The summed E-state index contributed by atoms with van der Waals surface area (Å²) in [6.07, 6.45) is 2.44. The molecule has 0 aromatic heterocycles. The van der Waals surface area contributed by atoms with Gasteiger partial charge in [0.15, 0.2) is 0 Å². The summed E-state index contributed by atoms with van der Waals surface area (Å²) in [5.41, 5.74) is 6.24. The number of phenols is 1. The van der Waals surface area contributed by atoms with Crippen molar-refractivity contribution in [3.63, 3.8) is 0 Å². The van der Waals surface area contributed by atoms with Gasteiger partial charge in [0.1, 0.15) is 11.6 Å². The van der Waals surface area contributed by atoms with Crippen LogP contribution >= 0.6 is 15.9 Å². The van der Waals surface area contributed by atoms with Crippen molar-refractivity contribution in [3.8, 4) is 5.75 Å². The van der Waals surface area contributed by atoms with Crippen LogP contribution in [0.5, 0.6) is 5.75 Å². The second-order valence-corrected chi connectivity index (χ2v) is 4.70. The summed E-state index contributed by atoms with van der Waals surface area (Å²) in [5.74, 6) is -0.477. The van der Waals surface area contributed by atoms with Crippen molar-refractivity contribution < 1.29 is 9.50 Å². The third-order valence-corrected chi connectivity index (χ3v) is 3.33. The molecule has 14 heavy (non-hydrogen) atoms. The first-order valence-corrected chi connectivity index (χ1v) is 5.26. The Kier molecular flexibility index (Phi) is 2.27. The van der Waals surface area contributed by atoms with Crippen LogP contribution in [0.3, 0.4) is 0 Å². The minimum atomic E-state index is -0.401. The molecule has 1 fully saturated rings. The van der Waals surface area contributed by atoms with E-state index < -0.39 is 5.82 Å². The van der Waals surface area contributed by atoms with Gasteiger partial charge in [0.2, 0.25) is 0 Å². The minimum Gasteiger partial charge on any atom is -0.507 e. The number of nitrogens with two attached hydrogens (primary N) is 1. The quantitative estimate of drug-likeness (QED) is 0.857. The highest BCUT2D eigenvalue weighted by Crippen LogP contribution is 2.38. The Labute approximate surface area is 90.1 Å². The van der Waals surface area contributed by atoms with Crippen LogP contribution in [0.4, 0.5) is 4.39 Å². The van der Waals surface area contributed by atoms with Gasteiger partial charge in [-0.2, -0.15) is 0 Å². The van der Waals surface area contributed by atoms with Crippen LogP contribution in [0, 0.1) is 5.82 Å². The van der Waals surface area contributed by atoms with Crippen LogP contribution in [-0.4, -0.2) is 10.6 Å². The first-order chi connectivity index (χ1) is 6.52. The molecule has 1 aliphatic carbocycles. The van der Waals surface area contributed by atoms with Gasteiger partial charge in [0, 0.05) is 5.54 Å². The number of hydrogen-bond acceptors (Lipinski definition) is 2. The highest BCUT2D eigenvalue weighted by atomic mass is 79.9. The fraction of sp³-hybridized carbons (Fsp3) is 0.400. The van der Waals surface area contributed by atoms with Crippen LogP contribution < -0.4 is 5.73 Å². The average molecular weight is 260 g/mol. The predicted octanol–water partition coefficient (Wildman–Crippen LogP) is 2.33. The van der Waals surface area contributed by atoms with Crippen LogP contribution in [0.15, 0.2) is 16.6 Å². The summed E-state index contributed by atoms with van der Waals surface area (Å²) in [4.78, 5) is 0. The molecule has 76 valence electrons. The van der Waals surface area contributed by atoms with E-state index in [1.807, 2.05) is 0 Å². The van der Waals surface area contributed by atoms with E-state index in [0.29, 0.717) is 12.0 Å². The summed E-state index contributed by atoms with van der Waals surface area (Å²) in [6.45, 7) is 0. The highest BCUT2D eigenvalue weighted by Gasteiger charge is 2.38. The molecule has 0 heterocycles. The molecule has 1 aromatic rings. The Morgan fingerprint density at radius 2 is 2.14 bits per heavy atom. The third kappa shape index (κ3) is 1.77. The summed E-state index contributed by atoms with van der Waals surface area (Å²) < 4.78 is 13.7. The molecule has 1 saturated carbocycles. The minimum absolute atomic E-state index is 0.0758. The van der Waals surface area contributed by atoms with Gasteiger partial charge in [-0.15, -0.1) is 0 Å². The van der Waals surface area contributed by atoms with Crippen LogP contribution in [0.2, 0.25) is 0 Å². The summed E-state index contributed by atoms with van der Waals surface area (Å²) in [6, 6.07) is 3.07. The van der Waals surface area contributed by atoms with Crippen molar-refractivity contribution in [1.29, 1.82) is 0 Å². The van der Waals surface area contributed by atoms with Crippen molar-refractivity contribution in [2.75, 3.05) is 0 Å². The number of rotatable bonds is 2.